The van der Waals surface area contributed by atoms with E-state index in [9.17, 15) is 15.5 Å². The zero-order valence-corrected chi connectivity index (χ0v) is 17.0. The fourth-order valence-electron chi connectivity index (χ4n) is 2.08. The van der Waals surface area contributed by atoms with Crippen molar-refractivity contribution in [2.45, 2.75) is 40.4 Å². The zero-order valence-electron chi connectivity index (χ0n) is 13.7. The monoisotopic (exact) mass is 413 g/mol. The van der Waals surface area contributed by atoms with E-state index in [0.29, 0.717) is 36.0 Å². The average Bonchev–Trinajstić information content (AvgIpc) is 3.22. The lowest BCUT2D eigenvalue weighted by molar-refractivity contribution is -0.283. The summed E-state index contributed by atoms with van der Waals surface area (Å²) in [6.07, 6.45) is 0. The predicted octanol–water partition coefficient (Wildman–Crippen LogP) is 5.45. The van der Waals surface area contributed by atoms with Crippen molar-refractivity contribution in [3.63, 3.8) is 0 Å². The first-order chi connectivity index (χ1) is 12.0. The van der Waals surface area contributed by atoms with Gasteiger partial charge in [0.1, 0.15) is 18.1 Å². The minimum absolute atomic E-state index is 0.0281. The van der Waals surface area contributed by atoms with Gasteiger partial charge in [-0.25, -0.2) is 9.78 Å². The van der Waals surface area contributed by atoms with E-state index in [1.54, 1.807) is 6.92 Å². The Bertz CT molecular complexity index is 793. The van der Waals surface area contributed by atoms with Crippen LogP contribution in [0.5, 0.6) is 11.5 Å². The Hall–Kier alpha value is -0.890. The Labute approximate surface area is 162 Å². The van der Waals surface area contributed by atoms with Gasteiger partial charge in [-0.2, -0.15) is 5.26 Å². The summed E-state index contributed by atoms with van der Waals surface area (Å²) in [4.78, 5) is 12.3. The lowest BCUT2D eigenvalue weighted by Crippen LogP contribution is -1.99. The van der Waals surface area contributed by atoms with Gasteiger partial charge < -0.3 is 10.2 Å². The lowest BCUT2D eigenvalue weighted by Gasteiger charge is -2.08. The number of aromatic hydroxyl groups is 2. The number of allylic oxidation sites excluding steroid dienone is 1. The molecule has 0 amide bonds. The Morgan fingerprint density at radius 2 is 1.40 bits per heavy atom. The molecule has 0 fully saturated rings. The normalized spacial score (nSPS) is 15.1. The first kappa shape index (κ1) is 18.9. The molecule has 0 bridgehead atoms. The Balaban J connectivity index is 1.97. The van der Waals surface area contributed by atoms with Crippen LogP contribution >= 0.6 is 47.0 Å². The third kappa shape index (κ3) is 3.52. The summed E-state index contributed by atoms with van der Waals surface area (Å²) < 4.78 is 1.75. The van der Waals surface area contributed by atoms with Crippen LogP contribution in [0.3, 0.4) is 0 Å². The lowest BCUT2D eigenvalue weighted by atomic mass is 10.3. The second-order valence-corrected chi connectivity index (χ2v) is 9.86. The number of fused-ring (bicyclic) bond motifs is 2. The zero-order chi connectivity index (χ0) is 18.1. The number of benzene rings is 1. The van der Waals surface area contributed by atoms with Crippen molar-refractivity contribution in [3.05, 3.63) is 19.6 Å². The minimum atomic E-state index is 0.0281. The van der Waals surface area contributed by atoms with Crippen molar-refractivity contribution in [1.82, 2.24) is 0 Å². The molecule has 0 saturated carbocycles. The Morgan fingerprint density at radius 1 is 0.920 bits per heavy atom. The average molecular weight is 414 g/mol. The highest BCUT2D eigenvalue weighted by Gasteiger charge is 2.35. The van der Waals surface area contributed by atoms with Crippen LogP contribution in [-0.2, 0) is 9.78 Å². The highest BCUT2D eigenvalue weighted by molar-refractivity contribution is 8.25. The van der Waals surface area contributed by atoms with Crippen LogP contribution in [0.1, 0.15) is 20.8 Å². The third-order valence-corrected chi connectivity index (χ3v) is 8.96. The van der Waals surface area contributed by atoms with E-state index in [-0.39, 0.29) is 18.1 Å². The van der Waals surface area contributed by atoms with Crippen LogP contribution in [0, 0.1) is 11.3 Å². The summed E-state index contributed by atoms with van der Waals surface area (Å²) in [6.45, 7) is 6.22. The van der Waals surface area contributed by atoms with Gasteiger partial charge in [0.05, 0.1) is 42.1 Å². The summed E-state index contributed by atoms with van der Waals surface area (Å²) in [6, 6.07) is 2.11. The van der Waals surface area contributed by atoms with Gasteiger partial charge in [0.15, 0.2) is 0 Å². The van der Waals surface area contributed by atoms with Gasteiger partial charge in [0, 0.05) is 4.24 Å². The smallest absolute Gasteiger partial charge is 0.146 e. The molecule has 2 heterocycles. The molecule has 2 aliphatic rings. The Kier molecular flexibility index (Phi) is 5.88. The summed E-state index contributed by atoms with van der Waals surface area (Å²) in [7, 11) is 0. The van der Waals surface area contributed by atoms with Crippen LogP contribution in [-0.4, -0.2) is 23.4 Å². The Morgan fingerprint density at radius 3 is 1.80 bits per heavy atom. The number of phenols is 2. The molecule has 2 N–H and O–H groups in total. The summed E-state index contributed by atoms with van der Waals surface area (Å²) in [5.41, 5.74) is 1.55. The number of hydrogen-bond acceptors (Lipinski definition) is 9. The molecule has 3 rings (SSSR count). The topological polar surface area (TPSA) is 82.7 Å². The highest BCUT2D eigenvalue weighted by atomic mass is 32.2. The molecule has 0 spiro atoms. The van der Waals surface area contributed by atoms with Gasteiger partial charge in [0.25, 0.3) is 0 Å². The number of nitriles is 1. The summed E-state index contributed by atoms with van der Waals surface area (Å²) in [5.74, 6) is 0.319. The van der Waals surface area contributed by atoms with E-state index < -0.39 is 0 Å². The van der Waals surface area contributed by atoms with Crippen molar-refractivity contribution >= 4 is 47.0 Å². The fraction of sp³-hybridized carbons (Fsp3) is 0.312. The number of nitrogens with zero attached hydrogens (tertiary/aromatic N) is 1. The molecule has 2 aliphatic heterocycles. The van der Waals surface area contributed by atoms with Crippen LogP contribution < -0.4 is 0 Å². The quantitative estimate of drug-likeness (QED) is 0.220. The molecule has 132 valence electrons. The van der Waals surface area contributed by atoms with Gasteiger partial charge in [-0.05, 0) is 20.8 Å². The van der Waals surface area contributed by atoms with Gasteiger partial charge in [0.2, 0.25) is 0 Å². The third-order valence-electron chi connectivity index (χ3n) is 3.25. The molecule has 0 unspecified atom stereocenters. The molecule has 0 radical (unpaired) electrons. The van der Waals surface area contributed by atoms with E-state index in [4.69, 9.17) is 9.78 Å². The van der Waals surface area contributed by atoms with Crippen LogP contribution in [0.2, 0.25) is 0 Å². The first-order valence-corrected chi connectivity index (χ1v) is 10.6. The van der Waals surface area contributed by atoms with Crippen LogP contribution in [0.4, 0.5) is 0 Å². The maximum atomic E-state index is 10.7. The SMILES string of the molecule is CCOOCC(C#N)=C1Sc2c(O)c3c(c(O)c2S1)SC(=C(C)C)S3. The molecule has 9 heteroatoms. The molecule has 0 aromatic heterocycles. The molecule has 1 aromatic rings. The van der Waals surface area contributed by atoms with E-state index in [1.807, 2.05) is 13.8 Å². The standard InChI is InChI=1S/C16H15NO4S4/c1-4-20-21-6-8(5-17)16-24-13-9(18)11-12(10(19)14(13)25-16)23-15(22-11)7(2)3/h18-19H,4,6H2,1-3H3. The maximum Gasteiger partial charge on any atom is 0.146 e. The van der Waals surface area contributed by atoms with Crippen molar-refractivity contribution in [3.8, 4) is 17.6 Å². The van der Waals surface area contributed by atoms with Crippen molar-refractivity contribution in [2.75, 3.05) is 13.2 Å². The second-order valence-electron chi connectivity index (χ2n) is 5.26. The number of thioether (sulfide) groups is 4. The largest absolute Gasteiger partial charge is 0.505 e. The molecular formula is C16H15NO4S4. The predicted molar refractivity (Wildman–Crippen MR) is 102 cm³/mol. The fourth-order valence-corrected chi connectivity index (χ4v) is 7.20. The molecule has 0 aliphatic carbocycles. The minimum Gasteiger partial charge on any atom is -0.505 e. The molecule has 1 aromatic carbocycles. The molecular weight excluding hydrogens is 398 g/mol. The maximum absolute atomic E-state index is 10.7. The van der Waals surface area contributed by atoms with E-state index in [0.717, 1.165) is 9.81 Å². The molecule has 5 nitrogen and oxygen atoms in total. The molecule has 25 heavy (non-hydrogen) atoms. The van der Waals surface area contributed by atoms with Gasteiger partial charge in [-0.1, -0.05) is 52.6 Å². The summed E-state index contributed by atoms with van der Waals surface area (Å²) in [5, 5.41) is 30.7. The summed E-state index contributed by atoms with van der Waals surface area (Å²) >= 11 is 5.49. The number of phenolic OH excluding ortho intramolecular Hbond substituents is 2. The number of rotatable bonds is 4. The van der Waals surface area contributed by atoms with Gasteiger partial charge >= 0.3 is 0 Å². The van der Waals surface area contributed by atoms with E-state index in [1.165, 1.54) is 47.0 Å². The highest BCUT2D eigenvalue weighted by Crippen LogP contribution is 2.67. The van der Waals surface area contributed by atoms with Crippen molar-refractivity contribution in [2.24, 2.45) is 0 Å². The van der Waals surface area contributed by atoms with Gasteiger partial charge in [-0.3, -0.25) is 0 Å². The van der Waals surface area contributed by atoms with E-state index >= 15 is 0 Å². The molecule has 0 saturated heterocycles. The first-order valence-electron chi connectivity index (χ1n) is 7.36. The number of hydrogen-bond donors (Lipinski definition) is 2. The van der Waals surface area contributed by atoms with Crippen LogP contribution in [0.25, 0.3) is 0 Å². The van der Waals surface area contributed by atoms with Gasteiger partial charge in [-0.15, -0.1) is 0 Å². The second kappa shape index (κ2) is 7.78. The van der Waals surface area contributed by atoms with Crippen LogP contribution in [0.15, 0.2) is 39.2 Å². The van der Waals surface area contributed by atoms with E-state index in [2.05, 4.69) is 6.07 Å². The molecule has 0 atom stereocenters. The van der Waals surface area contributed by atoms with Crippen molar-refractivity contribution in [1.29, 1.82) is 5.26 Å². The van der Waals surface area contributed by atoms with Crippen molar-refractivity contribution < 1.29 is 20.0 Å².